The molecular weight excluding hydrogens is 533 g/mol. The van der Waals surface area contributed by atoms with Crippen LogP contribution >= 0.6 is 34.8 Å². The minimum absolute atomic E-state index is 0.0236. The molecule has 7 nitrogen and oxygen atoms in total. The molecule has 0 bridgehead atoms. The molecule has 0 fully saturated rings. The molecule has 11 heteroatoms. The highest BCUT2D eigenvalue weighted by atomic mass is 35.5. The van der Waals surface area contributed by atoms with Crippen molar-refractivity contribution in [1.82, 2.24) is 10.2 Å². The maximum Gasteiger partial charge on any atom is 0.244 e. The van der Waals surface area contributed by atoms with Gasteiger partial charge in [0.25, 0.3) is 0 Å². The Morgan fingerprint density at radius 1 is 1.00 bits per heavy atom. The van der Waals surface area contributed by atoms with E-state index in [4.69, 9.17) is 34.8 Å². The van der Waals surface area contributed by atoms with Gasteiger partial charge >= 0.3 is 0 Å². The Morgan fingerprint density at radius 3 is 2.14 bits per heavy atom. The Morgan fingerprint density at radius 2 is 1.60 bits per heavy atom. The van der Waals surface area contributed by atoms with Crippen LogP contribution in [0.2, 0.25) is 15.1 Å². The Bertz CT molecular complexity index is 1160. The van der Waals surface area contributed by atoms with Crippen LogP contribution in [-0.2, 0) is 26.2 Å². The molecule has 2 amide bonds. The molecular formula is C24H30Cl3N3O4S. The summed E-state index contributed by atoms with van der Waals surface area (Å²) in [5, 5.41) is 3.10. The minimum atomic E-state index is -3.94. The number of halogens is 3. The molecule has 1 atom stereocenters. The summed E-state index contributed by atoms with van der Waals surface area (Å²) in [7, 11) is -3.94. The molecule has 0 spiro atoms. The van der Waals surface area contributed by atoms with E-state index in [0.29, 0.717) is 13.0 Å². The summed E-state index contributed by atoms with van der Waals surface area (Å²) in [5.74, 6) is -0.857. The van der Waals surface area contributed by atoms with Crippen LogP contribution in [0.15, 0.2) is 36.4 Å². The average molecular weight is 563 g/mol. The second-order valence-corrected chi connectivity index (χ2v) is 11.3. The van der Waals surface area contributed by atoms with E-state index in [9.17, 15) is 18.0 Å². The van der Waals surface area contributed by atoms with Crippen LogP contribution in [0.4, 0.5) is 5.69 Å². The predicted molar refractivity (Wildman–Crippen MR) is 143 cm³/mol. The number of carbonyl (C=O) groups excluding carboxylic acids is 2. The van der Waals surface area contributed by atoms with Crippen molar-refractivity contribution in [3.63, 3.8) is 0 Å². The van der Waals surface area contributed by atoms with Crippen LogP contribution in [0.5, 0.6) is 0 Å². The molecule has 0 aliphatic rings. The number of rotatable bonds is 11. The smallest absolute Gasteiger partial charge is 0.244 e. The molecule has 0 aliphatic heterocycles. The number of hydrogen-bond donors (Lipinski definition) is 1. The van der Waals surface area contributed by atoms with E-state index in [-0.39, 0.29) is 33.2 Å². The van der Waals surface area contributed by atoms with Gasteiger partial charge in [-0.05, 0) is 37.5 Å². The van der Waals surface area contributed by atoms with Crippen LogP contribution in [0.25, 0.3) is 0 Å². The summed E-state index contributed by atoms with van der Waals surface area (Å²) in [6.07, 6.45) is 2.06. The standard InChI is InChI=1S/C24H30Cl3N3O4S/c1-5-11-28-24(32)21(6-2)29(14-17-9-7-16(3)8-10-17)23(31)15-30(35(4,33)34)22-13-19(26)18(25)12-20(22)27/h7-10,12-13,21H,5-6,11,14-15H2,1-4H3,(H,28,32)/t21-/m1/s1. The first-order valence-corrected chi connectivity index (χ1v) is 14.1. The van der Waals surface area contributed by atoms with Crippen LogP contribution in [0.1, 0.15) is 37.8 Å². The molecule has 0 aliphatic carbocycles. The molecule has 2 aromatic rings. The summed E-state index contributed by atoms with van der Waals surface area (Å²) in [4.78, 5) is 27.9. The lowest BCUT2D eigenvalue weighted by molar-refractivity contribution is -0.140. The second-order valence-electron chi connectivity index (χ2n) is 8.21. The summed E-state index contributed by atoms with van der Waals surface area (Å²) in [6.45, 7) is 5.71. The van der Waals surface area contributed by atoms with Crippen molar-refractivity contribution in [3.8, 4) is 0 Å². The van der Waals surface area contributed by atoms with Gasteiger partial charge in [0.15, 0.2) is 0 Å². The fourth-order valence-electron chi connectivity index (χ4n) is 3.47. The van der Waals surface area contributed by atoms with Crippen molar-refractivity contribution >= 4 is 62.3 Å². The van der Waals surface area contributed by atoms with Crippen molar-refractivity contribution in [2.45, 2.75) is 46.2 Å². The summed E-state index contributed by atoms with van der Waals surface area (Å²) < 4.78 is 26.3. The zero-order chi connectivity index (χ0) is 26.3. The lowest BCUT2D eigenvalue weighted by Gasteiger charge is -2.33. The van der Waals surface area contributed by atoms with Crippen molar-refractivity contribution < 1.29 is 18.0 Å². The Kier molecular flexibility index (Phi) is 10.7. The molecule has 0 radical (unpaired) electrons. The number of hydrogen-bond acceptors (Lipinski definition) is 4. The second kappa shape index (κ2) is 12.8. The third-order valence-corrected chi connectivity index (χ3v) is 7.50. The summed E-state index contributed by atoms with van der Waals surface area (Å²) in [6, 6.07) is 9.40. The third kappa shape index (κ3) is 8.00. The maximum atomic E-state index is 13.6. The average Bonchev–Trinajstić information content (AvgIpc) is 2.79. The van der Waals surface area contributed by atoms with Gasteiger partial charge in [-0.1, -0.05) is 78.5 Å². The highest BCUT2D eigenvalue weighted by Gasteiger charge is 2.32. The monoisotopic (exact) mass is 561 g/mol. The van der Waals surface area contributed by atoms with Gasteiger partial charge in [-0.25, -0.2) is 8.42 Å². The van der Waals surface area contributed by atoms with Gasteiger partial charge in [0.05, 0.1) is 27.0 Å². The minimum Gasteiger partial charge on any atom is -0.354 e. The number of sulfonamides is 1. The van der Waals surface area contributed by atoms with Crippen LogP contribution in [-0.4, -0.2) is 50.5 Å². The molecule has 0 heterocycles. The fourth-order valence-corrected chi connectivity index (χ4v) is 5.02. The van der Waals surface area contributed by atoms with Gasteiger partial charge in [-0.2, -0.15) is 0 Å². The number of aryl methyl sites for hydroxylation is 1. The van der Waals surface area contributed by atoms with Crippen molar-refractivity contribution in [3.05, 3.63) is 62.6 Å². The van der Waals surface area contributed by atoms with Crippen LogP contribution < -0.4 is 9.62 Å². The zero-order valence-electron chi connectivity index (χ0n) is 20.1. The van der Waals surface area contributed by atoms with Gasteiger partial charge < -0.3 is 10.2 Å². The normalized spacial score (nSPS) is 12.2. The number of amides is 2. The lowest BCUT2D eigenvalue weighted by atomic mass is 10.1. The molecule has 192 valence electrons. The SMILES string of the molecule is CCCNC(=O)[C@@H](CC)N(Cc1ccc(C)cc1)C(=O)CN(c1cc(Cl)c(Cl)cc1Cl)S(C)(=O)=O. The largest absolute Gasteiger partial charge is 0.354 e. The van der Waals surface area contributed by atoms with Gasteiger partial charge in [0, 0.05) is 13.1 Å². The van der Waals surface area contributed by atoms with E-state index in [2.05, 4.69) is 5.32 Å². The fraction of sp³-hybridized carbons (Fsp3) is 0.417. The molecule has 0 aromatic heterocycles. The zero-order valence-corrected chi connectivity index (χ0v) is 23.2. The first kappa shape index (κ1) is 29.2. The van der Waals surface area contributed by atoms with Crippen LogP contribution in [0.3, 0.4) is 0 Å². The Balaban J connectivity index is 2.48. The van der Waals surface area contributed by atoms with Gasteiger partial charge in [-0.3, -0.25) is 13.9 Å². The Labute approximate surface area is 222 Å². The molecule has 2 aromatic carbocycles. The van der Waals surface area contributed by atoms with Gasteiger partial charge in [-0.15, -0.1) is 0 Å². The summed E-state index contributed by atoms with van der Waals surface area (Å²) >= 11 is 18.4. The van der Waals surface area contributed by atoms with Crippen LogP contribution in [0, 0.1) is 6.92 Å². The molecule has 1 N–H and O–H groups in total. The van der Waals surface area contributed by atoms with E-state index in [1.165, 1.54) is 17.0 Å². The predicted octanol–water partition coefficient (Wildman–Crippen LogP) is 5.05. The van der Waals surface area contributed by atoms with E-state index in [1.54, 1.807) is 6.92 Å². The Hall–Kier alpha value is -2.00. The molecule has 0 saturated heterocycles. The van der Waals surface area contributed by atoms with Crippen molar-refractivity contribution in [2.24, 2.45) is 0 Å². The molecule has 0 saturated carbocycles. The topological polar surface area (TPSA) is 86.8 Å². The van der Waals surface area contributed by atoms with E-state index >= 15 is 0 Å². The molecule has 35 heavy (non-hydrogen) atoms. The first-order chi connectivity index (χ1) is 16.4. The number of nitrogens with one attached hydrogen (secondary N) is 1. The van der Waals surface area contributed by atoms with Gasteiger partial charge in [0.2, 0.25) is 21.8 Å². The number of carbonyl (C=O) groups is 2. The highest BCUT2D eigenvalue weighted by Crippen LogP contribution is 2.35. The third-order valence-electron chi connectivity index (χ3n) is 5.35. The van der Waals surface area contributed by atoms with Gasteiger partial charge in [0.1, 0.15) is 12.6 Å². The summed E-state index contributed by atoms with van der Waals surface area (Å²) in [5.41, 5.74) is 1.89. The highest BCUT2D eigenvalue weighted by molar-refractivity contribution is 7.92. The maximum absolute atomic E-state index is 13.6. The molecule has 0 unspecified atom stereocenters. The number of nitrogens with zero attached hydrogens (tertiary/aromatic N) is 2. The van der Waals surface area contributed by atoms with Crippen molar-refractivity contribution in [2.75, 3.05) is 23.7 Å². The first-order valence-electron chi connectivity index (χ1n) is 11.1. The van der Waals surface area contributed by atoms with E-state index in [0.717, 1.165) is 28.1 Å². The number of anilines is 1. The van der Waals surface area contributed by atoms with E-state index in [1.807, 2.05) is 38.1 Å². The van der Waals surface area contributed by atoms with Crippen molar-refractivity contribution in [1.29, 1.82) is 0 Å². The number of benzene rings is 2. The lowest BCUT2D eigenvalue weighted by Crippen LogP contribution is -2.52. The van der Waals surface area contributed by atoms with E-state index < -0.39 is 28.5 Å². The molecule has 2 rings (SSSR count). The quantitative estimate of drug-likeness (QED) is 0.388.